The minimum atomic E-state index is 0.223. The summed E-state index contributed by atoms with van der Waals surface area (Å²) in [7, 11) is 0. The van der Waals surface area contributed by atoms with Crippen molar-refractivity contribution in [2.45, 2.75) is 33.2 Å². The largest absolute Gasteiger partial charge is 0.494 e. The molecule has 0 saturated heterocycles. The van der Waals surface area contributed by atoms with Gasteiger partial charge in [0, 0.05) is 13.1 Å². The predicted octanol–water partition coefficient (Wildman–Crippen LogP) is 2.68. The molecule has 3 heteroatoms. The van der Waals surface area contributed by atoms with Crippen LogP contribution in [0, 0.1) is 0 Å². The van der Waals surface area contributed by atoms with Crippen molar-refractivity contribution < 1.29 is 9.84 Å². The molecule has 1 rings (SSSR count). The lowest BCUT2D eigenvalue weighted by Crippen LogP contribution is -2.27. The predicted molar refractivity (Wildman–Crippen MR) is 74.9 cm³/mol. The summed E-state index contributed by atoms with van der Waals surface area (Å²) in [5.41, 5.74) is 1.27. The standard InChI is InChI=1S/C15H25NO2/c1-3-5-10-16(11-12-17)13-14-6-8-15(9-7-14)18-4-2/h6-9,17H,3-5,10-13H2,1-2H3. The van der Waals surface area contributed by atoms with Crippen LogP contribution in [0.2, 0.25) is 0 Å². The SMILES string of the molecule is CCCCN(CCO)Cc1ccc(OCC)cc1. The van der Waals surface area contributed by atoms with Crippen LogP contribution >= 0.6 is 0 Å². The molecule has 0 fully saturated rings. The average Bonchev–Trinajstić information content (AvgIpc) is 2.39. The minimum absolute atomic E-state index is 0.223. The van der Waals surface area contributed by atoms with Crippen LogP contribution < -0.4 is 4.74 Å². The van der Waals surface area contributed by atoms with E-state index in [1.165, 1.54) is 18.4 Å². The highest BCUT2D eigenvalue weighted by Gasteiger charge is 2.05. The molecule has 0 unspecified atom stereocenters. The van der Waals surface area contributed by atoms with E-state index >= 15 is 0 Å². The third-order valence-electron chi connectivity index (χ3n) is 2.88. The Morgan fingerprint density at radius 2 is 1.83 bits per heavy atom. The molecule has 0 atom stereocenters. The molecule has 3 nitrogen and oxygen atoms in total. The van der Waals surface area contributed by atoms with Crippen molar-refractivity contribution in [3.8, 4) is 5.75 Å². The molecule has 0 radical (unpaired) electrons. The molecule has 0 aliphatic heterocycles. The molecule has 0 spiro atoms. The first kappa shape index (κ1) is 15.0. The summed E-state index contributed by atoms with van der Waals surface area (Å²) in [6.07, 6.45) is 2.36. The Morgan fingerprint density at radius 1 is 1.11 bits per heavy atom. The highest BCUT2D eigenvalue weighted by molar-refractivity contribution is 5.27. The Bertz CT molecular complexity index is 311. The number of hydrogen-bond acceptors (Lipinski definition) is 3. The number of rotatable bonds is 9. The lowest BCUT2D eigenvalue weighted by atomic mass is 10.2. The Morgan fingerprint density at radius 3 is 2.39 bits per heavy atom. The molecular formula is C15H25NO2. The van der Waals surface area contributed by atoms with Gasteiger partial charge in [0.25, 0.3) is 0 Å². The Balaban J connectivity index is 2.51. The first-order valence-corrected chi connectivity index (χ1v) is 6.85. The molecule has 1 aromatic carbocycles. The molecular weight excluding hydrogens is 226 g/mol. The van der Waals surface area contributed by atoms with Crippen molar-refractivity contribution in [1.82, 2.24) is 4.90 Å². The fraction of sp³-hybridized carbons (Fsp3) is 0.600. The maximum atomic E-state index is 9.07. The van der Waals surface area contributed by atoms with Crippen LogP contribution in [0.4, 0.5) is 0 Å². The second-order valence-electron chi connectivity index (χ2n) is 4.43. The number of unbranched alkanes of at least 4 members (excludes halogenated alkanes) is 1. The summed E-state index contributed by atoms with van der Waals surface area (Å²) in [6.45, 7) is 7.79. The van der Waals surface area contributed by atoms with Gasteiger partial charge < -0.3 is 9.84 Å². The fourth-order valence-electron chi connectivity index (χ4n) is 1.91. The Labute approximate surface area is 110 Å². The van der Waals surface area contributed by atoms with E-state index in [9.17, 15) is 0 Å². The highest BCUT2D eigenvalue weighted by atomic mass is 16.5. The molecule has 0 aromatic heterocycles. The second kappa shape index (κ2) is 8.95. The van der Waals surface area contributed by atoms with Crippen molar-refractivity contribution >= 4 is 0 Å². The molecule has 0 bridgehead atoms. The van der Waals surface area contributed by atoms with Gasteiger partial charge in [-0.25, -0.2) is 0 Å². The fourth-order valence-corrected chi connectivity index (χ4v) is 1.91. The van der Waals surface area contributed by atoms with Gasteiger partial charge in [0.05, 0.1) is 13.2 Å². The monoisotopic (exact) mass is 251 g/mol. The van der Waals surface area contributed by atoms with E-state index in [2.05, 4.69) is 24.0 Å². The van der Waals surface area contributed by atoms with Gasteiger partial charge in [0.1, 0.15) is 5.75 Å². The molecule has 0 heterocycles. The van der Waals surface area contributed by atoms with Crippen molar-refractivity contribution in [1.29, 1.82) is 0 Å². The normalized spacial score (nSPS) is 10.9. The van der Waals surface area contributed by atoms with Crippen molar-refractivity contribution in [2.24, 2.45) is 0 Å². The first-order valence-electron chi connectivity index (χ1n) is 6.85. The molecule has 0 aliphatic carbocycles. The molecule has 1 N–H and O–H groups in total. The van der Waals surface area contributed by atoms with E-state index in [0.717, 1.165) is 25.4 Å². The zero-order valence-corrected chi connectivity index (χ0v) is 11.6. The van der Waals surface area contributed by atoms with Crippen LogP contribution in [0.3, 0.4) is 0 Å². The van der Waals surface area contributed by atoms with Crippen LogP contribution in [0.5, 0.6) is 5.75 Å². The zero-order chi connectivity index (χ0) is 13.2. The van der Waals surface area contributed by atoms with Crippen LogP contribution in [0.15, 0.2) is 24.3 Å². The van der Waals surface area contributed by atoms with Crippen molar-refractivity contribution in [3.63, 3.8) is 0 Å². The first-order chi connectivity index (χ1) is 8.80. The summed E-state index contributed by atoms with van der Waals surface area (Å²) in [6, 6.07) is 8.22. The number of ether oxygens (including phenoxy) is 1. The maximum absolute atomic E-state index is 9.07. The van der Waals surface area contributed by atoms with E-state index in [4.69, 9.17) is 9.84 Å². The summed E-state index contributed by atoms with van der Waals surface area (Å²) in [4.78, 5) is 2.29. The van der Waals surface area contributed by atoms with Crippen LogP contribution in [0.25, 0.3) is 0 Å². The summed E-state index contributed by atoms with van der Waals surface area (Å²) < 4.78 is 5.42. The Kier molecular flexibility index (Phi) is 7.46. The number of aliphatic hydroxyl groups is 1. The molecule has 18 heavy (non-hydrogen) atoms. The van der Waals surface area contributed by atoms with Crippen LogP contribution in [-0.4, -0.2) is 36.3 Å². The van der Waals surface area contributed by atoms with Gasteiger partial charge in [0.2, 0.25) is 0 Å². The summed E-state index contributed by atoms with van der Waals surface area (Å²) in [5, 5.41) is 9.07. The van der Waals surface area contributed by atoms with Crippen LogP contribution in [0.1, 0.15) is 32.3 Å². The second-order valence-corrected chi connectivity index (χ2v) is 4.43. The van der Waals surface area contributed by atoms with E-state index < -0.39 is 0 Å². The Hall–Kier alpha value is -1.06. The number of nitrogens with zero attached hydrogens (tertiary/aromatic N) is 1. The summed E-state index contributed by atoms with van der Waals surface area (Å²) in [5.74, 6) is 0.920. The van der Waals surface area contributed by atoms with Gasteiger partial charge in [-0.3, -0.25) is 4.90 Å². The van der Waals surface area contributed by atoms with Gasteiger partial charge in [0.15, 0.2) is 0 Å². The molecule has 1 aromatic rings. The lowest BCUT2D eigenvalue weighted by Gasteiger charge is -2.21. The van der Waals surface area contributed by atoms with E-state index in [0.29, 0.717) is 6.61 Å². The lowest BCUT2D eigenvalue weighted by molar-refractivity contribution is 0.188. The van der Waals surface area contributed by atoms with Gasteiger partial charge in [-0.15, -0.1) is 0 Å². The molecule has 102 valence electrons. The van der Waals surface area contributed by atoms with Gasteiger partial charge >= 0.3 is 0 Å². The molecule has 0 amide bonds. The maximum Gasteiger partial charge on any atom is 0.119 e. The zero-order valence-electron chi connectivity index (χ0n) is 11.6. The molecule has 0 saturated carbocycles. The number of benzene rings is 1. The van der Waals surface area contributed by atoms with E-state index in [1.54, 1.807) is 0 Å². The van der Waals surface area contributed by atoms with Crippen LogP contribution in [-0.2, 0) is 6.54 Å². The number of aliphatic hydroxyl groups excluding tert-OH is 1. The van der Waals surface area contributed by atoms with Crippen molar-refractivity contribution in [2.75, 3.05) is 26.3 Å². The number of hydrogen-bond donors (Lipinski definition) is 1. The summed E-state index contributed by atoms with van der Waals surface area (Å²) >= 11 is 0. The smallest absolute Gasteiger partial charge is 0.119 e. The third kappa shape index (κ3) is 5.52. The average molecular weight is 251 g/mol. The topological polar surface area (TPSA) is 32.7 Å². The third-order valence-corrected chi connectivity index (χ3v) is 2.88. The minimum Gasteiger partial charge on any atom is -0.494 e. The quantitative estimate of drug-likeness (QED) is 0.732. The van der Waals surface area contributed by atoms with Crippen molar-refractivity contribution in [3.05, 3.63) is 29.8 Å². The van der Waals surface area contributed by atoms with Gasteiger partial charge in [-0.2, -0.15) is 0 Å². The van der Waals surface area contributed by atoms with E-state index in [1.807, 2.05) is 19.1 Å². The van der Waals surface area contributed by atoms with Gasteiger partial charge in [-0.05, 0) is 37.6 Å². The highest BCUT2D eigenvalue weighted by Crippen LogP contribution is 2.13. The van der Waals surface area contributed by atoms with E-state index in [-0.39, 0.29) is 6.61 Å². The van der Waals surface area contributed by atoms with Gasteiger partial charge in [-0.1, -0.05) is 25.5 Å². The molecule has 0 aliphatic rings.